The molecule has 2 aromatic heterocycles. The Morgan fingerprint density at radius 3 is 2.54 bits per heavy atom. The Balaban J connectivity index is 1.22. The molecule has 0 radical (unpaired) electrons. The van der Waals surface area contributed by atoms with Crippen molar-refractivity contribution in [2.24, 2.45) is 0 Å². The average molecular weight is 383 g/mol. The van der Waals surface area contributed by atoms with Gasteiger partial charge in [0.2, 0.25) is 0 Å². The second-order valence-electron chi connectivity index (χ2n) is 8.70. The van der Waals surface area contributed by atoms with Crippen molar-refractivity contribution in [1.82, 2.24) is 30.0 Å². The molecular formula is C21H30N6O. The van der Waals surface area contributed by atoms with Gasteiger partial charge in [-0.1, -0.05) is 25.7 Å². The Morgan fingerprint density at radius 1 is 0.964 bits per heavy atom. The lowest BCUT2D eigenvalue weighted by Crippen LogP contribution is -2.47. The lowest BCUT2D eigenvalue weighted by molar-refractivity contribution is 0.175. The molecule has 2 amide bonds. The first-order valence-corrected chi connectivity index (χ1v) is 11.1. The number of hydrogen-bond donors (Lipinski definition) is 1. The second-order valence-corrected chi connectivity index (χ2v) is 8.70. The van der Waals surface area contributed by atoms with E-state index in [9.17, 15) is 4.79 Å². The topological polar surface area (TPSA) is 75.4 Å². The Bertz CT molecular complexity index is 846. The number of aryl methyl sites for hydroxylation is 2. The van der Waals surface area contributed by atoms with E-state index in [-0.39, 0.29) is 6.03 Å². The predicted molar refractivity (Wildman–Crippen MR) is 106 cm³/mol. The number of hydrogen-bond acceptors (Lipinski definition) is 4. The first-order valence-electron chi connectivity index (χ1n) is 11.1. The summed E-state index contributed by atoms with van der Waals surface area (Å²) in [6, 6.07) is 2.63. The number of carbonyl (C=O) groups excluding carboxylic acids is 1. The zero-order chi connectivity index (χ0) is 18.9. The van der Waals surface area contributed by atoms with E-state index >= 15 is 0 Å². The zero-order valence-electron chi connectivity index (χ0n) is 16.6. The number of rotatable bonds is 2. The minimum Gasteiger partial charge on any atom is -0.335 e. The van der Waals surface area contributed by atoms with Crippen LogP contribution in [0.2, 0.25) is 0 Å². The van der Waals surface area contributed by atoms with Gasteiger partial charge in [0.25, 0.3) is 0 Å². The zero-order valence-corrected chi connectivity index (χ0v) is 16.6. The number of piperidine rings is 1. The molecule has 3 aliphatic rings. The smallest absolute Gasteiger partial charge is 0.317 e. The molecule has 0 atom stereocenters. The van der Waals surface area contributed by atoms with Crippen LogP contribution >= 0.6 is 0 Å². The molecule has 1 saturated carbocycles. The van der Waals surface area contributed by atoms with Gasteiger partial charge in [0.05, 0.1) is 5.69 Å². The van der Waals surface area contributed by atoms with Crippen LogP contribution in [0.4, 0.5) is 4.79 Å². The normalized spacial score (nSPS) is 21.6. The molecule has 0 bridgehead atoms. The summed E-state index contributed by atoms with van der Waals surface area (Å²) < 4.78 is 1.95. The van der Waals surface area contributed by atoms with Crippen LogP contribution in [-0.4, -0.2) is 49.9 Å². The lowest BCUT2D eigenvalue weighted by Gasteiger charge is -2.32. The van der Waals surface area contributed by atoms with E-state index in [1.54, 1.807) is 0 Å². The van der Waals surface area contributed by atoms with Crippen LogP contribution in [-0.2, 0) is 12.8 Å². The monoisotopic (exact) mass is 382 g/mol. The lowest BCUT2D eigenvalue weighted by atomic mass is 9.96. The number of amides is 2. The van der Waals surface area contributed by atoms with Crippen LogP contribution in [0.15, 0.2) is 6.07 Å². The highest BCUT2D eigenvalue weighted by Crippen LogP contribution is 2.28. The maximum absolute atomic E-state index is 12.7. The Kier molecular flexibility index (Phi) is 4.91. The summed E-state index contributed by atoms with van der Waals surface area (Å²) in [5.74, 6) is 1.29. The molecule has 2 aromatic rings. The van der Waals surface area contributed by atoms with Crippen molar-refractivity contribution in [2.45, 2.75) is 82.6 Å². The molecule has 3 heterocycles. The molecule has 28 heavy (non-hydrogen) atoms. The molecular weight excluding hydrogens is 352 g/mol. The van der Waals surface area contributed by atoms with Crippen molar-refractivity contribution in [3.63, 3.8) is 0 Å². The standard InChI is InChI=1S/C21H30N6O/c28-21(22-17-7-3-1-2-4-8-17)26-12-10-15(11-13-26)20-24-23-19-14-16-6-5-9-18(16)25-27(19)20/h14-15,17H,1-13H2,(H,22,28). The van der Waals surface area contributed by atoms with Crippen LogP contribution in [0.5, 0.6) is 0 Å². The van der Waals surface area contributed by atoms with Gasteiger partial charge in [-0.05, 0) is 56.6 Å². The molecule has 2 fully saturated rings. The minimum absolute atomic E-state index is 0.118. The van der Waals surface area contributed by atoms with E-state index in [0.717, 1.165) is 63.1 Å². The van der Waals surface area contributed by atoms with Crippen molar-refractivity contribution in [1.29, 1.82) is 0 Å². The largest absolute Gasteiger partial charge is 0.335 e. The van der Waals surface area contributed by atoms with E-state index in [0.29, 0.717) is 12.0 Å². The van der Waals surface area contributed by atoms with Crippen molar-refractivity contribution >= 4 is 11.7 Å². The highest BCUT2D eigenvalue weighted by Gasteiger charge is 2.29. The highest BCUT2D eigenvalue weighted by atomic mass is 16.2. The first-order chi connectivity index (χ1) is 13.8. The van der Waals surface area contributed by atoms with Gasteiger partial charge in [0.1, 0.15) is 0 Å². The Labute approximate surface area is 165 Å². The SMILES string of the molecule is O=C(NC1CCCCCC1)N1CCC(c2nnc3cc4c(nn23)CCC4)CC1. The summed E-state index contributed by atoms with van der Waals surface area (Å²) in [5.41, 5.74) is 3.40. The maximum atomic E-state index is 12.7. The van der Waals surface area contributed by atoms with Crippen LogP contribution < -0.4 is 5.32 Å². The molecule has 0 aromatic carbocycles. The predicted octanol–water partition coefficient (Wildman–Crippen LogP) is 3.22. The van der Waals surface area contributed by atoms with Gasteiger partial charge in [-0.3, -0.25) is 0 Å². The number of aromatic nitrogens is 4. The molecule has 1 N–H and O–H groups in total. The van der Waals surface area contributed by atoms with Gasteiger partial charge in [0.15, 0.2) is 11.5 Å². The summed E-state index contributed by atoms with van der Waals surface area (Å²) in [5, 5.41) is 16.9. The van der Waals surface area contributed by atoms with Gasteiger partial charge in [-0.2, -0.15) is 9.61 Å². The number of nitrogens with one attached hydrogen (secondary N) is 1. The van der Waals surface area contributed by atoms with Crippen molar-refractivity contribution in [3.8, 4) is 0 Å². The van der Waals surface area contributed by atoms with E-state index in [4.69, 9.17) is 5.10 Å². The average Bonchev–Trinajstić information content (AvgIpc) is 3.26. The highest BCUT2D eigenvalue weighted by molar-refractivity contribution is 5.74. The summed E-state index contributed by atoms with van der Waals surface area (Å²) in [6.07, 6.45) is 12.6. The van der Waals surface area contributed by atoms with Crippen molar-refractivity contribution in [3.05, 3.63) is 23.1 Å². The molecule has 0 spiro atoms. The first kappa shape index (κ1) is 17.9. The number of carbonyl (C=O) groups is 1. The molecule has 150 valence electrons. The maximum Gasteiger partial charge on any atom is 0.317 e. The third-order valence-corrected chi connectivity index (χ3v) is 6.77. The van der Waals surface area contributed by atoms with E-state index in [2.05, 4.69) is 21.6 Å². The van der Waals surface area contributed by atoms with Gasteiger partial charge in [-0.25, -0.2) is 4.79 Å². The third-order valence-electron chi connectivity index (χ3n) is 6.77. The van der Waals surface area contributed by atoms with Crippen LogP contribution in [0.25, 0.3) is 5.65 Å². The van der Waals surface area contributed by atoms with Crippen LogP contribution in [0.3, 0.4) is 0 Å². The van der Waals surface area contributed by atoms with Gasteiger partial charge in [0, 0.05) is 25.0 Å². The van der Waals surface area contributed by atoms with Gasteiger partial charge in [-0.15, -0.1) is 10.2 Å². The van der Waals surface area contributed by atoms with E-state index in [1.807, 2.05) is 9.42 Å². The summed E-state index contributed by atoms with van der Waals surface area (Å²) in [7, 11) is 0. The van der Waals surface area contributed by atoms with Gasteiger partial charge >= 0.3 is 6.03 Å². The van der Waals surface area contributed by atoms with E-state index in [1.165, 1.54) is 43.4 Å². The summed E-state index contributed by atoms with van der Waals surface area (Å²) in [6.45, 7) is 1.56. The number of nitrogens with zero attached hydrogens (tertiary/aromatic N) is 5. The molecule has 7 nitrogen and oxygen atoms in total. The molecule has 7 heteroatoms. The van der Waals surface area contributed by atoms with Crippen molar-refractivity contribution < 1.29 is 4.79 Å². The quantitative estimate of drug-likeness (QED) is 0.809. The van der Waals surface area contributed by atoms with Crippen molar-refractivity contribution in [2.75, 3.05) is 13.1 Å². The Morgan fingerprint density at radius 2 is 1.75 bits per heavy atom. The number of fused-ring (bicyclic) bond motifs is 2. The molecule has 2 aliphatic carbocycles. The minimum atomic E-state index is 0.118. The molecule has 0 unspecified atom stereocenters. The van der Waals surface area contributed by atoms with E-state index < -0.39 is 0 Å². The molecule has 5 rings (SSSR count). The van der Waals surface area contributed by atoms with Crippen LogP contribution in [0, 0.1) is 0 Å². The summed E-state index contributed by atoms with van der Waals surface area (Å²) >= 11 is 0. The number of urea groups is 1. The fraction of sp³-hybridized carbons (Fsp3) is 0.714. The fourth-order valence-electron chi connectivity index (χ4n) is 5.08. The number of likely N-dealkylation sites (tertiary alicyclic amines) is 1. The second kappa shape index (κ2) is 7.68. The van der Waals surface area contributed by atoms with Gasteiger partial charge < -0.3 is 10.2 Å². The Hall–Kier alpha value is -2.18. The fourth-order valence-corrected chi connectivity index (χ4v) is 5.08. The van der Waals surface area contributed by atoms with Crippen LogP contribution in [0.1, 0.15) is 80.8 Å². The third kappa shape index (κ3) is 3.47. The molecule has 1 saturated heterocycles. The molecule has 1 aliphatic heterocycles. The summed E-state index contributed by atoms with van der Waals surface area (Å²) in [4.78, 5) is 14.7.